The summed E-state index contributed by atoms with van der Waals surface area (Å²) in [4.78, 5) is 16.3. The quantitative estimate of drug-likeness (QED) is 0.417. The summed E-state index contributed by atoms with van der Waals surface area (Å²) in [5.74, 6) is -0.690. The Labute approximate surface area is 206 Å². The zero-order valence-electron chi connectivity index (χ0n) is 20.5. The number of carbonyl (C=O) groups is 1. The second-order valence-corrected chi connectivity index (χ2v) is 8.49. The topological polar surface area (TPSA) is 76.8 Å². The minimum atomic E-state index is -0.601. The zero-order valence-corrected chi connectivity index (χ0v) is 20.5. The lowest BCUT2D eigenvalue weighted by atomic mass is 10.0. The van der Waals surface area contributed by atoms with Crippen LogP contribution in [0.3, 0.4) is 0 Å². The Bertz CT molecular complexity index is 1130. The number of ketones is 1. The first kappa shape index (κ1) is 26.1. The standard InChI is InChI=1S/C28H32FN3O3/c1-4-21(20(2)34)18-28(22-5-6-23(19-30)27(29)17-22)31(3)24-7-9-25(10-8-24)32-13-11-26(12-14-32)35-16-15-33/h4-10,17-18,26,33H,11-16H2,1-3H3/b21-4+,28-18-. The van der Waals surface area contributed by atoms with Crippen LogP contribution in [0, 0.1) is 17.1 Å². The average Bonchev–Trinajstić information content (AvgIpc) is 2.88. The van der Waals surface area contributed by atoms with Crippen LogP contribution in [0.15, 0.2) is 60.2 Å². The number of halogens is 1. The van der Waals surface area contributed by atoms with E-state index in [2.05, 4.69) is 17.0 Å². The van der Waals surface area contributed by atoms with Crippen molar-refractivity contribution in [3.05, 3.63) is 77.1 Å². The molecular weight excluding hydrogens is 445 g/mol. The third kappa shape index (κ3) is 6.56. The van der Waals surface area contributed by atoms with Gasteiger partial charge in [-0.3, -0.25) is 4.79 Å². The second kappa shape index (κ2) is 12.3. The molecule has 1 fully saturated rings. The Hall–Kier alpha value is -3.47. The first-order valence-corrected chi connectivity index (χ1v) is 11.8. The number of allylic oxidation sites excluding steroid dienone is 3. The van der Waals surface area contributed by atoms with Crippen LogP contribution in [-0.2, 0) is 9.53 Å². The molecule has 1 N–H and O–H groups in total. The molecule has 0 radical (unpaired) electrons. The van der Waals surface area contributed by atoms with Gasteiger partial charge in [0.15, 0.2) is 5.78 Å². The minimum Gasteiger partial charge on any atom is -0.394 e. The molecule has 35 heavy (non-hydrogen) atoms. The summed E-state index contributed by atoms with van der Waals surface area (Å²) in [6, 6.07) is 14.4. The highest BCUT2D eigenvalue weighted by Crippen LogP contribution is 2.30. The van der Waals surface area contributed by atoms with Crippen molar-refractivity contribution in [3.8, 4) is 6.07 Å². The van der Waals surface area contributed by atoms with Crippen LogP contribution < -0.4 is 9.80 Å². The van der Waals surface area contributed by atoms with Gasteiger partial charge in [0.2, 0.25) is 0 Å². The average molecular weight is 478 g/mol. The van der Waals surface area contributed by atoms with Gasteiger partial charge in [0.05, 0.1) is 24.9 Å². The highest BCUT2D eigenvalue weighted by molar-refractivity contribution is 5.99. The SMILES string of the molecule is C/C=C(\C=C(\c1ccc(C#N)c(F)c1)N(C)c1ccc(N2CCC(OCCO)CC2)cc1)C(C)=O. The Morgan fingerprint density at radius 2 is 1.94 bits per heavy atom. The van der Waals surface area contributed by atoms with Crippen LogP contribution in [0.25, 0.3) is 5.70 Å². The lowest BCUT2D eigenvalue weighted by Gasteiger charge is -2.34. The number of hydrogen-bond acceptors (Lipinski definition) is 6. The van der Waals surface area contributed by atoms with Gasteiger partial charge in [0.25, 0.3) is 0 Å². The van der Waals surface area contributed by atoms with Gasteiger partial charge in [-0.15, -0.1) is 0 Å². The molecule has 2 aromatic carbocycles. The van der Waals surface area contributed by atoms with Gasteiger partial charge in [-0.2, -0.15) is 5.26 Å². The second-order valence-electron chi connectivity index (χ2n) is 8.49. The Kier molecular flexibility index (Phi) is 9.18. The van der Waals surface area contributed by atoms with E-state index < -0.39 is 5.82 Å². The number of aliphatic hydroxyl groups excluding tert-OH is 1. The minimum absolute atomic E-state index is 0.0246. The van der Waals surface area contributed by atoms with E-state index in [1.54, 1.807) is 25.1 Å². The lowest BCUT2D eigenvalue weighted by molar-refractivity contribution is -0.113. The summed E-state index contributed by atoms with van der Waals surface area (Å²) in [5.41, 5.74) is 3.69. The summed E-state index contributed by atoms with van der Waals surface area (Å²) >= 11 is 0. The zero-order chi connectivity index (χ0) is 25.4. The molecule has 0 atom stereocenters. The third-order valence-corrected chi connectivity index (χ3v) is 6.25. The van der Waals surface area contributed by atoms with E-state index in [-0.39, 0.29) is 24.1 Å². The number of anilines is 2. The number of nitrogens with zero attached hydrogens (tertiary/aromatic N) is 3. The van der Waals surface area contributed by atoms with E-state index in [0.717, 1.165) is 37.3 Å². The molecule has 3 rings (SSSR count). The van der Waals surface area contributed by atoms with Crippen molar-refractivity contribution >= 4 is 22.9 Å². The predicted molar refractivity (Wildman–Crippen MR) is 137 cm³/mol. The van der Waals surface area contributed by atoms with E-state index in [1.807, 2.05) is 30.1 Å². The van der Waals surface area contributed by atoms with Gasteiger partial charge in [-0.1, -0.05) is 12.1 Å². The number of nitriles is 1. The normalized spacial score (nSPS) is 15.1. The number of carbonyl (C=O) groups excluding carboxylic acids is 1. The molecule has 1 aliphatic heterocycles. The highest BCUT2D eigenvalue weighted by Gasteiger charge is 2.20. The summed E-state index contributed by atoms with van der Waals surface area (Å²) < 4.78 is 20.1. The number of ether oxygens (including phenoxy) is 1. The largest absolute Gasteiger partial charge is 0.394 e. The lowest BCUT2D eigenvalue weighted by Crippen LogP contribution is -2.37. The maximum absolute atomic E-state index is 14.4. The molecule has 1 heterocycles. The molecule has 7 heteroatoms. The molecule has 0 aromatic heterocycles. The van der Waals surface area contributed by atoms with Crippen molar-refractivity contribution in [2.24, 2.45) is 0 Å². The third-order valence-electron chi connectivity index (χ3n) is 6.25. The molecular formula is C28H32FN3O3. The van der Waals surface area contributed by atoms with E-state index in [1.165, 1.54) is 19.1 Å². The number of piperidine rings is 1. The fourth-order valence-electron chi connectivity index (χ4n) is 4.20. The number of Topliss-reactive ketones (excluding diaryl/α,β-unsaturated/α-hetero) is 1. The first-order chi connectivity index (χ1) is 16.9. The Balaban J connectivity index is 1.85. The van der Waals surface area contributed by atoms with E-state index in [4.69, 9.17) is 15.1 Å². The van der Waals surface area contributed by atoms with Gasteiger partial charge in [-0.25, -0.2) is 4.39 Å². The predicted octanol–water partition coefficient (Wildman–Crippen LogP) is 4.69. The Morgan fingerprint density at radius 3 is 2.49 bits per heavy atom. The molecule has 0 bridgehead atoms. The van der Waals surface area contributed by atoms with Crippen molar-refractivity contribution in [2.75, 3.05) is 43.2 Å². The molecule has 1 saturated heterocycles. The van der Waals surface area contributed by atoms with E-state index >= 15 is 0 Å². The molecule has 0 saturated carbocycles. The summed E-state index contributed by atoms with van der Waals surface area (Å²) in [7, 11) is 1.87. The van der Waals surface area contributed by atoms with Crippen molar-refractivity contribution in [1.29, 1.82) is 5.26 Å². The molecule has 184 valence electrons. The molecule has 0 unspecified atom stereocenters. The maximum Gasteiger partial charge on any atom is 0.159 e. The van der Waals surface area contributed by atoms with Gasteiger partial charge in [0, 0.05) is 48.3 Å². The summed E-state index contributed by atoms with van der Waals surface area (Å²) in [5, 5.41) is 18.0. The van der Waals surface area contributed by atoms with E-state index in [0.29, 0.717) is 23.4 Å². The molecule has 0 spiro atoms. The van der Waals surface area contributed by atoms with E-state index in [9.17, 15) is 9.18 Å². The molecule has 1 aliphatic rings. The number of hydrogen-bond donors (Lipinski definition) is 1. The van der Waals surface area contributed by atoms with Crippen LogP contribution in [0.1, 0.15) is 37.8 Å². The molecule has 2 aromatic rings. The fraction of sp³-hybridized carbons (Fsp3) is 0.357. The monoisotopic (exact) mass is 477 g/mol. The summed E-state index contributed by atoms with van der Waals surface area (Å²) in [6.07, 6.45) is 5.49. The van der Waals surface area contributed by atoms with Crippen LogP contribution in [0.5, 0.6) is 0 Å². The molecule has 0 amide bonds. The molecule has 6 nitrogen and oxygen atoms in total. The first-order valence-electron chi connectivity index (χ1n) is 11.8. The van der Waals surface area contributed by atoms with Crippen LogP contribution in [0.4, 0.5) is 15.8 Å². The smallest absolute Gasteiger partial charge is 0.159 e. The van der Waals surface area contributed by atoms with Crippen molar-refractivity contribution in [1.82, 2.24) is 0 Å². The van der Waals surface area contributed by atoms with Gasteiger partial charge >= 0.3 is 0 Å². The summed E-state index contributed by atoms with van der Waals surface area (Å²) in [6.45, 7) is 5.47. The highest BCUT2D eigenvalue weighted by atomic mass is 19.1. The van der Waals surface area contributed by atoms with Crippen molar-refractivity contribution in [3.63, 3.8) is 0 Å². The van der Waals surface area contributed by atoms with Crippen molar-refractivity contribution in [2.45, 2.75) is 32.8 Å². The number of aliphatic hydroxyl groups is 1. The maximum atomic E-state index is 14.4. The number of benzene rings is 2. The van der Waals surface area contributed by atoms with Gasteiger partial charge < -0.3 is 19.6 Å². The molecule has 0 aliphatic carbocycles. The Morgan fingerprint density at radius 1 is 1.26 bits per heavy atom. The van der Waals surface area contributed by atoms with Gasteiger partial charge in [0.1, 0.15) is 11.9 Å². The van der Waals surface area contributed by atoms with Crippen LogP contribution >= 0.6 is 0 Å². The van der Waals surface area contributed by atoms with Crippen molar-refractivity contribution < 1.29 is 19.0 Å². The number of rotatable bonds is 9. The fourth-order valence-corrected chi connectivity index (χ4v) is 4.20. The van der Waals surface area contributed by atoms with Gasteiger partial charge in [-0.05, 0) is 69.2 Å². The van der Waals surface area contributed by atoms with Crippen LogP contribution in [-0.4, -0.2) is 50.3 Å². The van der Waals surface area contributed by atoms with Crippen LogP contribution in [0.2, 0.25) is 0 Å².